The second-order valence-electron chi connectivity index (χ2n) is 6.38. The minimum atomic E-state index is 0.191. The summed E-state index contributed by atoms with van der Waals surface area (Å²) in [5, 5.41) is 9.90. The van der Waals surface area contributed by atoms with E-state index in [4.69, 9.17) is 11.3 Å². The molecular formula is C24H29N5. The van der Waals surface area contributed by atoms with E-state index < -0.39 is 0 Å². The summed E-state index contributed by atoms with van der Waals surface area (Å²) in [6, 6.07) is 5.61. The first-order chi connectivity index (χ1) is 13.9. The molecule has 0 unspecified atom stereocenters. The van der Waals surface area contributed by atoms with E-state index in [2.05, 4.69) is 42.0 Å². The normalized spacial score (nSPS) is 11.8. The Hall–Kier alpha value is -3.73. The summed E-state index contributed by atoms with van der Waals surface area (Å²) >= 11 is 0. The topological polar surface area (TPSA) is 86.6 Å². The Kier molecular flexibility index (Phi) is 10.1. The molecule has 0 spiro atoms. The number of amidine groups is 1. The zero-order chi connectivity index (χ0) is 21.6. The molecule has 0 saturated carbocycles. The molecule has 5 heteroatoms. The van der Waals surface area contributed by atoms with E-state index in [0.29, 0.717) is 12.1 Å². The summed E-state index contributed by atoms with van der Waals surface area (Å²) in [6.07, 6.45) is 14.3. The highest BCUT2D eigenvalue weighted by Crippen LogP contribution is 2.24. The number of nitrogens with zero attached hydrogens (tertiary/aromatic N) is 2. The minimum Gasteiger partial charge on any atom is -0.382 e. The lowest BCUT2D eigenvalue weighted by Gasteiger charge is -2.14. The largest absolute Gasteiger partial charge is 0.382 e. The predicted octanol–water partition coefficient (Wildman–Crippen LogP) is 6.14. The third-order valence-electron chi connectivity index (χ3n) is 3.87. The molecule has 0 amide bonds. The Balaban J connectivity index is 2.69. The molecule has 1 aromatic rings. The van der Waals surface area contributed by atoms with Gasteiger partial charge in [-0.3, -0.25) is 0 Å². The summed E-state index contributed by atoms with van der Waals surface area (Å²) < 4.78 is 0. The molecule has 0 atom stereocenters. The number of rotatable bonds is 12. The Morgan fingerprint density at radius 2 is 1.86 bits per heavy atom. The Morgan fingerprint density at radius 3 is 2.52 bits per heavy atom. The number of anilines is 1. The molecule has 29 heavy (non-hydrogen) atoms. The van der Waals surface area contributed by atoms with Crippen molar-refractivity contribution >= 4 is 17.1 Å². The molecule has 0 saturated heterocycles. The van der Waals surface area contributed by atoms with Gasteiger partial charge in [0.05, 0.1) is 0 Å². The average molecular weight is 388 g/mol. The van der Waals surface area contributed by atoms with Crippen molar-refractivity contribution in [3.8, 4) is 0 Å². The number of allylic oxidation sites excluding steroid dienone is 8. The van der Waals surface area contributed by atoms with Crippen LogP contribution in [0, 0.1) is 5.53 Å². The monoisotopic (exact) mass is 387 g/mol. The Bertz CT molecular complexity index is 898. The fourth-order valence-electron chi connectivity index (χ4n) is 2.35. The number of hydrogen-bond donors (Lipinski definition) is 3. The van der Waals surface area contributed by atoms with Gasteiger partial charge in [0.15, 0.2) is 5.84 Å². The van der Waals surface area contributed by atoms with Crippen LogP contribution in [0.1, 0.15) is 24.5 Å². The number of benzene rings is 1. The Labute approximate surface area is 173 Å². The third-order valence-corrected chi connectivity index (χ3v) is 3.87. The zero-order valence-corrected chi connectivity index (χ0v) is 17.0. The standard InChI is InChI=1S/C24H29N5/c1-6-7-11-19(4)12-9-8-10-13-20(5)17-27-23-15-14-21(24(25)28-29-26)16-22(23)18(2)3/h6-11,13-16,27H,1-2,4-5,12,17H2,3H3,(H3,25,26,28)/b9-8-,11-7-,13-10-. The molecule has 0 bridgehead atoms. The van der Waals surface area contributed by atoms with Gasteiger partial charge in [0.1, 0.15) is 0 Å². The smallest absolute Gasteiger partial charge is 0.155 e. The van der Waals surface area contributed by atoms with Crippen molar-refractivity contribution in [2.24, 2.45) is 16.1 Å². The summed E-state index contributed by atoms with van der Waals surface area (Å²) in [7, 11) is 0. The van der Waals surface area contributed by atoms with Gasteiger partial charge in [-0.25, -0.2) is 0 Å². The third kappa shape index (κ3) is 8.67. The van der Waals surface area contributed by atoms with Crippen LogP contribution in [-0.4, -0.2) is 12.4 Å². The lowest BCUT2D eigenvalue weighted by atomic mass is 10.0. The number of hydrogen-bond acceptors (Lipinski definition) is 3. The highest BCUT2D eigenvalue weighted by atomic mass is 15.3. The van der Waals surface area contributed by atoms with E-state index >= 15 is 0 Å². The van der Waals surface area contributed by atoms with Crippen LogP contribution in [0.2, 0.25) is 0 Å². The maximum Gasteiger partial charge on any atom is 0.155 e. The van der Waals surface area contributed by atoms with E-state index in [1.54, 1.807) is 6.08 Å². The van der Waals surface area contributed by atoms with Crippen molar-refractivity contribution < 1.29 is 0 Å². The summed E-state index contributed by atoms with van der Waals surface area (Å²) in [5.74, 6) is 0.191. The SMILES string of the molecule is C=C/C=C\C(=C)C/C=C\C=C/C(=C)CNc1ccc(C(N)=NN=N)cc1C(=C)C. The highest BCUT2D eigenvalue weighted by molar-refractivity contribution is 5.98. The Morgan fingerprint density at radius 1 is 1.14 bits per heavy atom. The first-order valence-corrected chi connectivity index (χ1v) is 9.11. The lowest BCUT2D eigenvalue weighted by molar-refractivity contribution is 0.986. The summed E-state index contributed by atoms with van der Waals surface area (Å²) in [6.45, 7) is 18.2. The second kappa shape index (κ2) is 12.6. The lowest BCUT2D eigenvalue weighted by Crippen LogP contribution is -2.13. The van der Waals surface area contributed by atoms with E-state index in [9.17, 15) is 0 Å². The first kappa shape index (κ1) is 23.3. The maximum absolute atomic E-state index is 6.80. The average Bonchev–Trinajstić information content (AvgIpc) is 2.70. The van der Waals surface area contributed by atoms with Crippen LogP contribution < -0.4 is 11.1 Å². The molecule has 0 fully saturated rings. The summed E-state index contributed by atoms with van der Waals surface area (Å²) in [5.41, 5.74) is 18.0. The van der Waals surface area contributed by atoms with E-state index in [1.807, 2.05) is 61.6 Å². The van der Waals surface area contributed by atoms with Gasteiger partial charge in [0, 0.05) is 23.4 Å². The van der Waals surface area contributed by atoms with Gasteiger partial charge in [0.2, 0.25) is 0 Å². The van der Waals surface area contributed by atoms with Crippen LogP contribution in [0.25, 0.3) is 5.57 Å². The second-order valence-corrected chi connectivity index (χ2v) is 6.38. The maximum atomic E-state index is 6.80. The quantitative estimate of drug-likeness (QED) is 0.132. The van der Waals surface area contributed by atoms with E-state index in [0.717, 1.165) is 34.4 Å². The van der Waals surface area contributed by atoms with Crippen LogP contribution in [0.5, 0.6) is 0 Å². The molecule has 0 aromatic heterocycles. The van der Waals surface area contributed by atoms with Gasteiger partial charge in [-0.1, -0.05) is 79.6 Å². The molecule has 1 aromatic carbocycles. The van der Waals surface area contributed by atoms with E-state index in [-0.39, 0.29) is 5.84 Å². The summed E-state index contributed by atoms with van der Waals surface area (Å²) in [4.78, 5) is 0. The van der Waals surface area contributed by atoms with Crippen LogP contribution in [0.3, 0.4) is 0 Å². The van der Waals surface area contributed by atoms with Crippen LogP contribution in [-0.2, 0) is 0 Å². The van der Waals surface area contributed by atoms with Crippen LogP contribution in [0.15, 0.2) is 109 Å². The van der Waals surface area contributed by atoms with E-state index in [1.165, 1.54) is 0 Å². The van der Waals surface area contributed by atoms with Crippen molar-refractivity contribution in [1.29, 1.82) is 5.53 Å². The van der Waals surface area contributed by atoms with Gasteiger partial charge < -0.3 is 11.1 Å². The predicted molar refractivity (Wildman–Crippen MR) is 126 cm³/mol. The fourth-order valence-corrected chi connectivity index (χ4v) is 2.35. The fraction of sp³-hybridized carbons (Fsp3) is 0.125. The molecule has 5 nitrogen and oxygen atoms in total. The number of nitrogens with one attached hydrogen (secondary N) is 2. The molecule has 150 valence electrons. The molecule has 4 N–H and O–H groups in total. The molecule has 0 radical (unpaired) electrons. The molecule has 1 rings (SSSR count). The van der Waals surface area contributed by atoms with Gasteiger partial charge in [-0.2, -0.15) is 5.53 Å². The van der Waals surface area contributed by atoms with Crippen molar-refractivity contribution in [1.82, 2.24) is 0 Å². The van der Waals surface area contributed by atoms with Crippen molar-refractivity contribution in [2.75, 3.05) is 11.9 Å². The molecule has 0 aliphatic heterocycles. The highest BCUT2D eigenvalue weighted by Gasteiger charge is 2.07. The van der Waals surface area contributed by atoms with Crippen LogP contribution >= 0.6 is 0 Å². The molecular weight excluding hydrogens is 358 g/mol. The zero-order valence-electron chi connectivity index (χ0n) is 17.0. The van der Waals surface area contributed by atoms with Crippen molar-refractivity contribution in [3.05, 3.63) is 109 Å². The van der Waals surface area contributed by atoms with Crippen LogP contribution in [0.4, 0.5) is 5.69 Å². The number of nitrogens with two attached hydrogens (primary N) is 1. The first-order valence-electron chi connectivity index (χ1n) is 9.11. The van der Waals surface area contributed by atoms with Gasteiger partial charge >= 0.3 is 0 Å². The van der Waals surface area contributed by atoms with Gasteiger partial charge in [0.25, 0.3) is 0 Å². The molecule has 0 aliphatic rings. The minimum absolute atomic E-state index is 0.191. The van der Waals surface area contributed by atoms with Gasteiger partial charge in [-0.15, -0.1) is 5.10 Å². The molecule has 0 heterocycles. The van der Waals surface area contributed by atoms with Crippen molar-refractivity contribution in [2.45, 2.75) is 13.3 Å². The molecule has 0 aliphatic carbocycles. The van der Waals surface area contributed by atoms with Gasteiger partial charge in [-0.05, 0) is 42.7 Å². The van der Waals surface area contributed by atoms with Crippen molar-refractivity contribution in [3.63, 3.8) is 0 Å².